The van der Waals surface area contributed by atoms with E-state index in [-0.39, 0.29) is 23.8 Å². The minimum Gasteiger partial charge on any atom is -0.467 e. The molecule has 2 heterocycles. The van der Waals surface area contributed by atoms with Crippen molar-refractivity contribution >= 4 is 34.5 Å². The molecule has 2 aromatic heterocycles. The maximum absolute atomic E-state index is 13.3. The van der Waals surface area contributed by atoms with Gasteiger partial charge in [0, 0.05) is 12.2 Å². The second-order valence-corrected chi connectivity index (χ2v) is 8.55. The highest BCUT2D eigenvalue weighted by Gasteiger charge is 2.21. The molecule has 0 saturated carbocycles. The maximum atomic E-state index is 13.3. The molecule has 1 aliphatic rings. The first-order valence-corrected chi connectivity index (χ1v) is 11.8. The van der Waals surface area contributed by atoms with Crippen LogP contribution in [0.15, 0.2) is 62.7 Å². The largest absolute Gasteiger partial charge is 0.467 e. The Balaban J connectivity index is 1.69. The van der Waals surface area contributed by atoms with E-state index in [4.69, 9.17) is 9.15 Å². The molecule has 0 fully saturated rings. The first kappa shape index (κ1) is 22.8. The van der Waals surface area contributed by atoms with Crippen molar-refractivity contribution < 1.29 is 18.7 Å². The Labute approximate surface area is 195 Å². The summed E-state index contributed by atoms with van der Waals surface area (Å²) in [5.41, 5.74) is 1.47. The first-order chi connectivity index (χ1) is 16.0. The van der Waals surface area contributed by atoms with Crippen LogP contribution in [0, 0.1) is 0 Å². The van der Waals surface area contributed by atoms with Crippen LogP contribution < -0.4 is 5.56 Å². The zero-order valence-electron chi connectivity index (χ0n) is 18.6. The lowest BCUT2D eigenvalue weighted by molar-refractivity contribution is -0.126. The molecule has 33 heavy (non-hydrogen) atoms. The molecule has 8 nitrogen and oxygen atoms in total. The highest BCUT2D eigenvalue weighted by Crippen LogP contribution is 2.25. The normalized spacial score (nSPS) is 13.2. The number of methoxy groups -OCH3 is 1. The van der Waals surface area contributed by atoms with Crippen molar-refractivity contribution in [2.45, 2.75) is 37.9 Å². The SMILES string of the molecule is CCN(C(=O)CSc1nc2cc(C(=O)OC)ccc2c(=O)n1Cc1ccco1)C1=CCCC1. The molecule has 0 atom stereocenters. The maximum Gasteiger partial charge on any atom is 0.337 e. The van der Waals surface area contributed by atoms with E-state index in [0.29, 0.717) is 33.9 Å². The molecular weight excluding hydrogens is 442 g/mol. The highest BCUT2D eigenvalue weighted by molar-refractivity contribution is 7.99. The van der Waals surface area contributed by atoms with Crippen LogP contribution in [0.1, 0.15) is 42.3 Å². The Kier molecular flexibility index (Phi) is 6.98. The summed E-state index contributed by atoms with van der Waals surface area (Å²) in [6, 6.07) is 8.18. The standard InChI is InChI=1S/C24H25N3O5S/c1-3-26(17-7-4-5-8-17)21(28)15-33-24-25-20-13-16(23(30)31-2)10-11-19(20)22(29)27(24)14-18-9-6-12-32-18/h6-7,9-13H,3-5,8,14-15H2,1-2H3. The minimum absolute atomic E-state index is 0.0298. The van der Waals surface area contributed by atoms with Gasteiger partial charge in [0.05, 0.1) is 42.1 Å². The third-order valence-corrected chi connectivity index (χ3v) is 6.50. The quantitative estimate of drug-likeness (QED) is 0.282. The number of esters is 1. The topological polar surface area (TPSA) is 94.6 Å². The molecule has 0 N–H and O–H groups in total. The van der Waals surface area contributed by atoms with Gasteiger partial charge in [-0.25, -0.2) is 9.78 Å². The number of furan rings is 1. The van der Waals surface area contributed by atoms with Gasteiger partial charge < -0.3 is 14.1 Å². The fourth-order valence-electron chi connectivity index (χ4n) is 3.90. The van der Waals surface area contributed by atoms with E-state index < -0.39 is 5.97 Å². The number of nitrogens with zero attached hydrogens (tertiary/aromatic N) is 3. The number of carbonyl (C=O) groups is 2. The van der Waals surface area contributed by atoms with Gasteiger partial charge in [0.2, 0.25) is 5.91 Å². The zero-order valence-corrected chi connectivity index (χ0v) is 19.4. The molecule has 0 aliphatic heterocycles. The Bertz CT molecular complexity index is 1260. The third-order valence-electron chi connectivity index (χ3n) is 5.54. The van der Waals surface area contributed by atoms with Crippen molar-refractivity contribution in [1.82, 2.24) is 14.5 Å². The molecule has 0 bridgehead atoms. The molecule has 0 saturated heterocycles. The summed E-state index contributed by atoms with van der Waals surface area (Å²) in [5.74, 6) is 0.200. The first-order valence-electron chi connectivity index (χ1n) is 10.8. The molecule has 0 spiro atoms. The van der Waals surface area contributed by atoms with Crippen LogP contribution in [0.25, 0.3) is 10.9 Å². The molecule has 4 rings (SSSR count). The van der Waals surface area contributed by atoms with Crippen LogP contribution in [0.2, 0.25) is 0 Å². The van der Waals surface area contributed by atoms with E-state index in [1.165, 1.54) is 29.5 Å². The third kappa shape index (κ3) is 4.88. The summed E-state index contributed by atoms with van der Waals surface area (Å²) >= 11 is 1.20. The van der Waals surface area contributed by atoms with Gasteiger partial charge in [0.15, 0.2) is 5.16 Å². The van der Waals surface area contributed by atoms with Crippen molar-refractivity contribution in [3.8, 4) is 0 Å². The van der Waals surface area contributed by atoms with Gasteiger partial charge >= 0.3 is 5.97 Å². The van der Waals surface area contributed by atoms with Gasteiger partial charge in [-0.15, -0.1) is 0 Å². The van der Waals surface area contributed by atoms with Gasteiger partial charge in [-0.1, -0.05) is 17.8 Å². The average Bonchev–Trinajstić information content (AvgIpc) is 3.54. The average molecular weight is 468 g/mol. The molecule has 1 aromatic carbocycles. The molecule has 9 heteroatoms. The van der Waals surface area contributed by atoms with Gasteiger partial charge in [-0.3, -0.25) is 14.2 Å². The number of aromatic nitrogens is 2. The molecule has 1 amide bonds. The zero-order chi connectivity index (χ0) is 23.4. The van der Waals surface area contributed by atoms with Crippen molar-refractivity contribution in [2.75, 3.05) is 19.4 Å². The smallest absolute Gasteiger partial charge is 0.337 e. The van der Waals surface area contributed by atoms with Gasteiger partial charge in [-0.05, 0) is 56.5 Å². The van der Waals surface area contributed by atoms with Gasteiger partial charge in [0.25, 0.3) is 5.56 Å². The molecule has 3 aromatic rings. The lowest BCUT2D eigenvalue weighted by atomic mass is 10.1. The van der Waals surface area contributed by atoms with Crippen LogP contribution in [0.5, 0.6) is 0 Å². The van der Waals surface area contributed by atoms with Crippen molar-refractivity contribution in [3.05, 3.63) is 70.0 Å². The molecule has 0 unspecified atom stereocenters. The Morgan fingerprint density at radius 2 is 2.15 bits per heavy atom. The van der Waals surface area contributed by atoms with E-state index >= 15 is 0 Å². The highest BCUT2D eigenvalue weighted by atomic mass is 32.2. The lowest BCUT2D eigenvalue weighted by Gasteiger charge is -2.22. The fraction of sp³-hybridized carbons (Fsp3) is 0.333. The van der Waals surface area contributed by atoms with E-state index in [2.05, 4.69) is 11.1 Å². The molecule has 172 valence electrons. The number of allylic oxidation sites excluding steroid dienone is 2. The summed E-state index contributed by atoms with van der Waals surface area (Å²) in [6.07, 6.45) is 6.61. The predicted octanol–water partition coefficient (Wildman–Crippen LogP) is 3.83. The minimum atomic E-state index is -0.508. The number of fused-ring (bicyclic) bond motifs is 1. The number of ether oxygens (including phenoxy) is 1. The van der Waals surface area contributed by atoms with Crippen LogP contribution in [-0.4, -0.2) is 45.7 Å². The summed E-state index contributed by atoms with van der Waals surface area (Å²) in [5, 5.41) is 0.756. The number of amides is 1. The number of benzene rings is 1. The van der Waals surface area contributed by atoms with E-state index in [1.807, 2.05) is 6.92 Å². The summed E-state index contributed by atoms with van der Waals surface area (Å²) in [4.78, 5) is 44.7. The van der Waals surface area contributed by atoms with E-state index in [0.717, 1.165) is 25.0 Å². The van der Waals surface area contributed by atoms with Gasteiger partial charge in [0.1, 0.15) is 5.76 Å². The van der Waals surface area contributed by atoms with Crippen LogP contribution in [0.3, 0.4) is 0 Å². The van der Waals surface area contributed by atoms with Crippen LogP contribution in [0.4, 0.5) is 0 Å². The Morgan fingerprint density at radius 1 is 1.30 bits per heavy atom. The van der Waals surface area contributed by atoms with E-state index in [9.17, 15) is 14.4 Å². The molecular formula is C24H25N3O5S. The predicted molar refractivity (Wildman–Crippen MR) is 125 cm³/mol. The number of hydrogen-bond donors (Lipinski definition) is 0. The summed E-state index contributed by atoms with van der Waals surface area (Å²) in [7, 11) is 1.30. The van der Waals surface area contributed by atoms with Crippen LogP contribution in [-0.2, 0) is 16.1 Å². The fourth-order valence-corrected chi connectivity index (χ4v) is 4.77. The number of hydrogen-bond acceptors (Lipinski definition) is 7. The molecule has 0 radical (unpaired) electrons. The monoisotopic (exact) mass is 467 g/mol. The second-order valence-electron chi connectivity index (χ2n) is 7.60. The summed E-state index contributed by atoms with van der Waals surface area (Å²) in [6.45, 7) is 2.74. The number of carbonyl (C=O) groups excluding carboxylic acids is 2. The van der Waals surface area contributed by atoms with Crippen LogP contribution >= 0.6 is 11.8 Å². The number of rotatable bonds is 8. The van der Waals surface area contributed by atoms with Gasteiger partial charge in [-0.2, -0.15) is 0 Å². The van der Waals surface area contributed by atoms with Crippen molar-refractivity contribution in [2.24, 2.45) is 0 Å². The second kappa shape index (κ2) is 10.1. The molecule has 1 aliphatic carbocycles. The lowest BCUT2D eigenvalue weighted by Crippen LogP contribution is -2.31. The Morgan fingerprint density at radius 3 is 2.82 bits per heavy atom. The van der Waals surface area contributed by atoms with Crippen molar-refractivity contribution in [3.63, 3.8) is 0 Å². The van der Waals surface area contributed by atoms with Crippen molar-refractivity contribution in [1.29, 1.82) is 0 Å². The summed E-state index contributed by atoms with van der Waals surface area (Å²) < 4.78 is 11.7. The Hall–Kier alpha value is -3.33. The number of thioether (sulfide) groups is 1. The van der Waals surface area contributed by atoms with E-state index in [1.54, 1.807) is 35.4 Å².